The number of methoxy groups -OCH3 is 2. The molecule has 3 rings (SSSR count). The number of amides is 1. The highest BCUT2D eigenvalue weighted by Crippen LogP contribution is 2.40. The van der Waals surface area contributed by atoms with Crippen molar-refractivity contribution in [3.8, 4) is 5.75 Å². The molecule has 1 unspecified atom stereocenters. The zero-order chi connectivity index (χ0) is 22.5. The number of carbonyl (C=O) groups excluding carboxylic acids is 2. The first-order chi connectivity index (χ1) is 14.9. The van der Waals surface area contributed by atoms with Crippen LogP contribution in [0, 0.1) is 10.1 Å². The fourth-order valence-electron chi connectivity index (χ4n) is 3.55. The molecule has 0 aromatic heterocycles. The van der Waals surface area contributed by atoms with Crippen LogP contribution in [0.5, 0.6) is 5.75 Å². The zero-order valence-electron chi connectivity index (χ0n) is 17.1. The molecule has 9 heteroatoms. The number of non-ortho nitro benzene ring substituents is 1. The van der Waals surface area contributed by atoms with Gasteiger partial charge in [0.15, 0.2) is 0 Å². The van der Waals surface area contributed by atoms with E-state index in [1.807, 2.05) is 0 Å². The Bertz CT molecular complexity index is 1030. The van der Waals surface area contributed by atoms with E-state index in [0.29, 0.717) is 29.9 Å². The Labute approximate surface area is 178 Å². The summed E-state index contributed by atoms with van der Waals surface area (Å²) in [6, 6.07) is 11.1. The Morgan fingerprint density at radius 2 is 1.87 bits per heavy atom. The summed E-state index contributed by atoms with van der Waals surface area (Å²) >= 11 is 0. The molecule has 1 amide bonds. The van der Waals surface area contributed by atoms with Gasteiger partial charge in [-0.05, 0) is 36.2 Å². The molecule has 1 aliphatic heterocycles. The molecule has 0 bridgehead atoms. The largest absolute Gasteiger partial charge is 0.507 e. The lowest BCUT2D eigenvalue weighted by Crippen LogP contribution is -2.31. The van der Waals surface area contributed by atoms with Crippen molar-refractivity contribution < 1.29 is 29.1 Å². The molecule has 0 aliphatic carbocycles. The van der Waals surface area contributed by atoms with E-state index in [0.717, 1.165) is 0 Å². The quantitative estimate of drug-likeness (QED) is 0.172. The number of nitro groups is 1. The highest BCUT2D eigenvalue weighted by Gasteiger charge is 2.46. The molecule has 2 aromatic rings. The van der Waals surface area contributed by atoms with Gasteiger partial charge in [0.2, 0.25) is 0 Å². The van der Waals surface area contributed by atoms with Crippen LogP contribution < -0.4 is 4.74 Å². The van der Waals surface area contributed by atoms with Crippen molar-refractivity contribution in [2.75, 3.05) is 27.4 Å². The lowest BCUT2D eigenvalue weighted by molar-refractivity contribution is -0.384. The van der Waals surface area contributed by atoms with Crippen LogP contribution in [0.25, 0.3) is 5.76 Å². The van der Waals surface area contributed by atoms with E-state index in [1.54, 1.807) is 30.3 Å². The lowest BCUT2D eigenvalue weighted by Gasteiger charge is -2.25. The molecule has 9 nitrogen and oxygen atoms in total. The summed E-state index contributed by atoms with van der Waals surface area (Å²) in [5.74, 6) is -1.41. The number of likely N-dealkylation sites (tertiary alicyclic amines) is 1. The minimum Gasteiger partial charge on any atom is -0.507 e. The Morgan fingerprint density at radius 3 is 2.48 bits per heavy atom. The maximum Gasteiger partial charge on any atom is 0.295 e. The first-order valence-corrected chi connectivity index (χ1v) is 9.55. The number of aliphatic hydroxyl groups is 1. The minimum absolute atomic E-state index is 0.118. The molecule has 1 saturated heterocycles. The number of nitro benzene ring substituents is 1. The molecule has 1 N–H and O–H groups in total. The molecule has 1 heterocycles. The maximum atomic E-state index is 12.9. The predicted octanol–water partition coefficient (Wildman–Crippen LogP) is 3.06. The predicted molar refractivity (Wildman–Crippen MR) is 112 cm³/mol. The first-order valence-electron chi connectivity index (χ1n) is 9.55. The molecule has 2 aromatic carbocycles. The second kappa shape index (κ2) is 9.40. The van der Waals surface area contributed by atoms with Gasteiger partial charge in [0.1, 0.15) is 11.5 Å². The number of Topliss-reactive ketones (excluding diaryl/α,β-unsaturated/α-hetero) is 1. The summed E-state index contributed by atoms with van der Waals surface area (Å²) < 4.78 is 10.1. The summed E-state index contributed by atoms with van der Waals surface area (Å²) in [7, 11) is 3.03. The number of hydrogen-bond donors (Lipinski definition) is 1. The zero-order valence-corrected chi connectivity index (χ0v) is 17.1. The summed E-state index contributed by atoms with van der Waals surface area (Å²) in [6.07, 6.45) is 0.456. The van der Waals surface area contributed by atoms with Gasteiger partial charge >= 0.3 is 0 Å². The molecule has 31 heavy (non-hydrogen) atoms. The fraction of sp³-hybridized carbons (Fsp3) is 0.273. The Balaban J connectivity index is 2.14. The number of hydrogen-bond acceptors (Lipinski definition) is 7. The Kier molecular flexibility index (Phi) is 6.66. The number of aliphatic hydroxyl groups excluding tert-OH is 1. The normalized spacial score (nSPS) is 17.7. The molecule has 0 radical (unpaired) electrons. The van der Waals surface area contributed by atoms with Crippen molar-refractivity contribution in [1.29, 1.82) is 0 Å². The summed E-state index contributed by atoms with van der Waals surface area (Å²) in [4.78, 5) is 37.7. The summed E-state index contributed by atoms with van der Waals surface area (Å²) in [5.41, 5.74) is 0.393. The number of rotatable bonds is 8. The third kappa shape index (κ3) is 4.41. The molecule has 1 aliphatic rings. The molecule has 0 spiro atoms. The number of ketones is 1. The standard InChI is InChI=1S/C22H22N2O7/c1-30-12-4-11-23-19(15-5-3-6-16(13-15)24(28)29)18(21(26)22(23)27)20(25)14-7-9-17(31-2)10-8-14/h3,5-10,13,19,25H,4,11-12H2,1-2H3/b20-18+. The smallest absolute Gasteiger partial charge is 0.295 e. The van der Waals surface area contributed by atoms with Crippen molar-refractivity contribution in [1.82, 2.24) is 4.90 Å². The van der Waals surface area contributed by atoms with Crippen LogP contribution in [0.2, 0.25) is 0 Å². The highest BCUT2D eigenvalue weighted by atomic mass is 16.6. The number of ether oxygens (including phenoxy) is 2. The van der Waals surface area contributed by atoms with Gasteiger partial charge in [-0.2, -0.15) is 0 Å². The average Bonchev–Trinajstić information content (AvgIpc) is 3.04. The van der Waals surface area contributed by atoms with Crippen LogP contribution in [0.4, 0.5) is 5.69 Å². The number of carbonyl (C=O) groups is 2. The van der Waals surface area contributed by atoms with E-state index in [2.05, 4.69) is 0 Å². The average molecular weight is 426 g/mol. The van der Waals surface area contributed by atoms with Gasteiger partial charge in [-0.1, -0.05) is 12.1 Å². The van der Waals surface area contributed by atoms with Crippen molar-refractivity contribution >= 4 is 23.1 Å². The van der Waals surface area contributed by atoms with Gasteiger partial charge in [-0.15, -0.1) is 0 Å². The third-order valence-electron chi connectivity index (χ3n) is 5.05. The minimum atomic E-state index is -0.959. The number of nitrogens with zero attached hydrogens (tertiary/aromatic N) is 2. The van der Waals surface area contributed by atoms with E-state index in [4.69, 9.17) is 9.47 Å². The van der Waals surface area contributed by atoms with E-state index < -0.39 is 22.7 Å². The van der Waals surface area contributed by atoms with Crippen LogP contribution >= 0.6 is 0 Å². The highest BCUT2D eigenvalue weighted by molar-refractivity contribution is 6.46. The molecular weight excluding hydrogens is 404 g/mol. The topological polar surface area (TPSA) is 119 Å². The monoisotopic (exact) mass is 426 g/mol. The van der Waals surface area contributed by atoms with Gasteiger partial charge in [0.25, 0.3) is 17.4 Å². The van der Waals surface area contributed by atoms with E-state index in [9.17, 15) is 24.8 Å². The van der Waals surface area contributed by atoms with Crippen molar-refractivity contribution in [3.63, 3.8) is 0 Å². The summed E-state index contributed by atoms with van der Waals surface area (Å²) in [5, 5.41) is 22.2. The van der Waals surface area contributed by atoms with Crippen LogP contribution in [0.15, 0.2) is 54.1 Å². The van der Waals surface area contributed by atoms with Gasteiger partial charge in [0.05, 0.1) is 23.6 Å². The lowest BCUT2D eigenvalue weighted by atomic mass is 9.95. The Hall–Kier alpha value is -3.72. The van der Waals surface area contributed by atoms with Gasteiger partial charge in [-0.25, -0.2) is 0 Å². The molecule has 1 atom stereocenters. The van der Waals surface area contributed by atoms with Crippen LogP contribution in [-0.2, 0) is 14.3 Å². The molecule has 162 valence electrons. The number of benzene rings is 2. The Morgan fingerprint density at radius 1 is 1.16 bits per heavy atom. The van der Waals surface area contributed by atoms with Crippen LogP contribution in [0.3, 0.4) is 0 Å². The third-order valence-corrected chi connectivity index (χ3v) is 5.05. The SMILES string of the molecule is COCCCN1C(=O)C(=O)/C(=C(/O)c2ccc(OC)cc2)C1c1cccc([N+](=O)[O-])c1. The molecular formula is C22H22N2O7. The van der Waals surface area contributed by atoms with E-state index in [1.165, 1.54) is 37.3 Å². The van der Waals surface area contributed by atoms with Crippen LogP contribution in [-0.4, -0.2) is 54.0 Å². The van der Waals surface area contributed by atoms with Crippen LogP contribution in [0.1, 0.15) is 23.6 Å². The van der Waals surface area contributed by atoms with Crippen molar-refractivity contribution in [2.45, 2.75) is 12.5 Å². The van der Waals surface area contributed by atoms with E-state index >= 15 is 0 Å². The van der Waals surface area contributed by atoms with Gasteiger partial charge in [-0.3, -0.25) is 19.7 Å². The van der Waals surface area contributed by atoms with Gasteiger partial charge in [0, 0.05) is 38.0 Å². The van der Waals surface area contributed by atoms with Gasteiger partial charge < -0.3 is 19.5 Å². The maximum absolute atomic E-state index is 12.9. The molecule has 0 saturated carbocycles. The second-order valence-corrected chi connectivity index (χ2v) is 6.92. The fourth-order valence-corrected chi connectivity index (χ4v) is 3.55. The first kappa shape index (κ1) is 22.0. The van der Waals surface area contributed by atoms with E-state index in [-0.39, 0.29) is 23.6 Å². The second-order valence-electron chi connectivity index (χ2n) is 6.92. The van der Waals surface area contributed by atoms with Crippen molar-refractivity contribution in [2.24, 2.45) is 0 Å². The van der Waals surface area contributed by atoms with Crippen molar-refractivity contribution in [3.05, 3.63) is 75.3 Å². The molecule has 1 fully saturated rings. The summed E-state index contributed by atoms with van der Waals surface area (Å²) in [6.45, 7) is 0.550.